The number of thioether (sulfide) groups is 1. The van der Waals surface area contributed by atoms with Gasteiger partial charge in [0.05, 0.1) is 21.7 Å². The van der Waals surface area contributed by atoms with Crippen LogP contribution in [0.4, 0.5) is 5.69 Å². The number of nitrogens with one attached hydrogen (secondary N) is 1. The van der Waals surface area contributed by atoms with Gasteiger partial charge >= 0.3 is 0 Å². The van der Waals surface area contributed by atoms with Crippen molar-refractivity contribution in [3.63, 3.8) is 0 Å². The molecule has 142 valence electrons. The van der Waals surface area contributed by atoms with Crippen LogP contribution in [0.25, 0.3) is 10.2 Å². The van der Waals surface area contributed by atoms with Crippen LogP contribution in [0.3, 0.4) is 0 Å². The number of hydrogen-bond acceptors (Lipinski definition) is 7. The van der Waals surface area contributed by atoms with Gasteiger partial charge in [-0.3, -0.25) is 4.72 Å². The van der Waals surface area contributed by atoms with Crippen molar-refractivity contribution in [2.45, 2.75) is 10.8 Å². The van der Waals surface area contributed by atoms with Crippen molar-refractivity contribution in [2.24, 2.45) is 0 Å². The summed E-state index contributed by atoms with van der Waals surface area (Å²) in [5.41, 5.74) is 1.47. The zero-order valence-corrected chi connectivity index (χ0v) is 16.8. The van der Waals surface area contributed by atoms with Gasteiger partial charge < -0.3 is 9.47 Å². The molecule has 1 aliphatic heterocycles. The summed E-state index contributed by atoms with van der Waals surface area (Å²) in [6.45, 7) is 0.969. The van der Waals surface area contributed by atoms with Gasteiger partial charge in [0.25, 0.3) is 0 Å². The summed E-state index contributed by atoms with van der Waals surface area (Å²) in [5.74, 6) is 1.95. The second-order valence-corrected chi connectivity index (χ2v) is 10.1. The first-order valence-corrected chi connectivity index (χ1v) is 11.9. The van der Waals surface area contributed by atoms with Gasteiger partial charge in [-0.15, -0.1) is 11.3 Å². The molecule has 2 heterocycles. The van der Waals surface area contributed by atoms with Crippen LogP contribution in [0, 0.1) is 0 Å². The largest absolute Gasteiger partial charge is 0.486 e. The lowest BCUT2D eigenvalue weighted by molar-refractivity contribution is 0.171. The van der Waals surface area contributed by atoms with E-state index in [0.717, 1.165) is 14.6 Å². The first-order valence-electron chi connectivity index (χ1n) is 8.48. The topological polar surface area (TPSA) is 77.5 Å². The van der Waals surface area contributed by atoms with Crippen LogP contribution in [0.5, 0.6) is 11.5 Å². The Bertz CT molecular complexity index is 1020. The summed E-state index contributed by atoms with van der Waals surface area (Å²) in [6, 6.07) is 13.0. The highest BCUT2D eigenvalue weighted by atomic mass is 32.2. The zero-order valence-electron chi connectivity index (χ0n) is 14.4. The smallest absolute Gasteiger partial charge is 0.232 e. The molecule has 9 heteroatoms. The van der Waals surface area contributed by atoms with E-state index in [-0.39, 0.29) is 5.75 Å². The van der Waals surface area contributed by atoms with Crippen LogP contribution < -0.4 is 14.2 Å². The Labute approximate surface area is 166 Å². The predicted octanol–water partition coefficient (Wildman–Crippen LogP) is 3.99. The summed E-state index contributed by atoms with van der Waals surface area (Å²) in [5, 5.41) is 0. The van der Waals surface area contributed by atoms with Gasteiger partial charge in [0.15, 0.2) is 15.8 Å². The maximum Gasteiger partial charge on any atom is 0.232 e. The lowest BCUT2D eigenvalue weighted by Crippen LogP contribution is -2.18. The Morgan fingerprint density at radius 1 is 1.11 bits per heavy atom. The van der Waals surface area contributed by atoms with Crippen molar-refractivity contribution in [1.29, 1.82) is 0 Å². The van der Waals surface area contributed by atoms with E-state index in [9.17, 15) is 8.42 Å². The number of benzene rings is 2. The van der Waals surface area contributed by atoms with Crippen molar-refractivity contribution in [1.82, 2.24) is 4.98 Å². The summed E-state index contributed by atoms with van der Waals surface area (Å²) in [7, 11) is -3.42. The number of fused-ring (bicyclic) bond motifs is 2. The van der Waals surface area contributed by atoms with Crippen LogP contribution in [-0.2, 0) is 10.0 Å². The monoisotopic (exact) mass is 422 g/mol. The van der Waals surface area contributed by atoms with Gasteiger partial charge in [-0.25, -0.2) is 13.4 Å². The third kappa shape index (κ3) is 4.66. The minimum atomic E-state index is -3.42. The quantitative estimate of drug-likeness (QED) is 0.458. The Hall–Kier alpha value is -1.97. The predicted molar refractivity (Wildman–Crippen MR) is 110 cm³/mol. The number of ether oxygens (including phenoxy) is 2. The highest BCUT2D eigenvalue weighted by Crippen LogP contribution is 2.33. The standard InChI is InChI=1S/C18H18N2O4S3/c21-27(22,20-13-6-7-15-16(12-13)24-9-8-23-15)11-3-10-25-18-19-14-4-1-2-5-17(14)26-18/h1-2,4-7,12,20H,3,8-11H2. The van der Waals surface area contributed by atoms with Gasteiger partial charge in [0.2, 0.25) is 10.0 Å². The normalized spacial score (nSPS) is 13.6. The van der Waals surface area contributed by atoms with Gasteiger partial charge in [0.1, 0.15) is 13.2 Å². The molecule has 1 N–H and O–H groups in total. The van der Waals surface area contributed by atoms with E-state index in [0.29, 0.717) is 42.6 Å². The molecule has 1 aromatic heterocycles. The fourth-order valence-electron chi connectivity index (χ4n) is 2.66. The average molecular weight is 423 g/mol. The molecule has 0 fully saturated rings. The second-order valence-electron chi connectivity index (χ2n) is 5.93. The molecule has 0 bridgehead atoms. The van der Waals surface area contributed by atoms with Crippen LogP contribution in [0.1, 0.15) is 6.42 Å². The number of nitrogens with zero attached hydrogens (tertiary/aromatic N) is 1. The maximum absolute atomic E-state index is 12.3. The summed E-state index contributed by atoms with van der Waals surface area (Å²) < 4.78 is 40.3. The van der Waals surface area contributed by atoms with Gasteiger partial charge in [0, 0.05) is 11.8 Å². The second kappa shape index (κ2) is 7.95. The van der Waals surface area contributed by atoms with E-state index in [1.54, 1.807) is 41.3 Å². The van der Waals surface area contributed by atoms with E-state index in [1.807, 2.05) is 24.3 Å². The van der Waals surface area contributed by atoms with Crippen LogP contribution in [0.2, 0.25) is 0 Å². The van der Waals surface area contributed by atoms with Gasteiger partial charge in [-0.1, -0.05) is 23.9 Å². The lowest BCUT2D eigenvalue weighted by atomic mass is 10.3. The van der Waals surface area contributed by atoms with Crippen molar-refractivity contribution >= 4 is 49.0 Å². The first-order chi connectivity index (χ1) is 13.1. The summed E-state index contributed by atoms with van der Waals surface area (Å²) >= 11 is 3.22. The highest BCUT2D eigenvalue weighted by molar-refractivity contribution is 8.01. The molecule has 0 saturated carbocycles. The van der Waals surface area contributed by atoms with Crippen LogP contribution in [0.15, 0.2) is 46.8 Å². The van der Waals surface area contributed by atoms with Crippen molar-refractivity contribution < 1.29 is 17.9 Å². The molecular weight excluding hydrogens is 404 g/mol. The summed E-state index contributed by atoms with van der Waals surface area (Å²) in [6.07, 6.45) is 0.542. The third-order valence-electron chi connectivity index (χ3n) is 3.87. The van der Waals surface area contributed by atoms with E-state index < -0.39 is 10.0 Å². The van der Waals surface area contributed by atoms with Gasteiger partial charge in [-0.05, 0) is 30.7 Å². The number of hydrogen-bond donors (Lipinski definition) is 1. The fourth-order valence-corrected chi connectivity index (χ4v) is 6.03. The number of sulfonamides is 1. The average Bonchev–Trinajstić information content (AvgIpc) is 3.08. The highest BCUT2D eigenvalue weighted by Gasteiger charge is 2.15. The minimum Gasteiger partial charge on any atom is -0.486 e. The molecule has 0 spiro atoms. The van der Waals surface area contributed by atoms with E-state index in [2.05, 4.69) is 9.71 Å². The van der Waals surface area contributed by atoms with Crippen molar-refractivity contribution in [2.75, 3.05) is 29.4 Å². The minimum absolute atomic E-state index is 0.0549. The SMILES string of the molecule is O=S(=O)(CCCSc1nc2ccccc2s1)Nc1ccc2c(c1)OCCO2. The van der Waals surface area contributed by atoms with E-state index in [1.165, 1.54) is 0 Å². The molecule has 0 saturated heterocycles. The molecule has 0 radical (unpaired) electrons. The fraction of sp³-hybridized carbons (Fsp3) is 0.278. The molecule has 4 rings (SSSR count). The molecule has 0 amide bonds. The number of rotatable bonds is 7. The molecule has 27 heavy (non-hydrogen) atoms. The Balaban J connectivity index is 1.29. The number of anilines is 1. The molecule has 2 aromatic carbocycles. The molecule has 0 atom stereocenters. The third-order valence-corrected chi connectivity index (χ3v) is 7.51. The molecular formula is C18H18N2O4S3. The molecule has 3 aromatic rings. The van der Waals surface area contributed by atoms with Crippen LogP contribution in [-0.4, -0.2) is 38.1 Å². The van der Waals surface area contributed by atoms with E-state index in [4.69, 9.17) is 9.47 Å². The number of aromatic nitrogens is 1. The number of para-hydroxylation sites is 1. The molecule has 0 unspecified atom stereocenters. The Kier molecular flexibility index (Phi) is 5.42. The van der Waals surface area contributed by atoms with Crippen LogP contribution >= 0.6 is 23.1 Å². The molecule has 6 nitrogen and oxygen atoms in total. The lowest BCUT2D eigenvalue weighted by Gasteiger charge is -2.19. The zero-order chi connectivity index (χ0) is 18.7. The summed E-state index contributed by atoms with van der Waals surface area (Å²) in [4.78, 5) is 4.55. The van der Waals surface area contributed by atoms with Gasteiger partial charge in [-0.2, -0.15) is 0 Å². The number of thiazole rings is 1. The Morgan fingerprint density at radius 2 is 1.93 bits per heavy atom. The first kappa shape index (κ1) is 18.4. The van der Waals surface area contributed by atoms with E-state index >= 15 is 0 Å². The Morgan fingerprint density at radius 3 is 2.78 bits per heavy atom. The molecule has 1 aliphatic rings. The maximum atomic E-state index is 12.3. The van der Waals surface area contributed by atoms with Crippen molar-refractivity contribution in [3.05, 3.63) is 42.5 Å². The molecule has 0 aliphatic carbocycles. The van der Waals surface area contributed by atoms with Crippen molar-refractivity contribution in [3.8, 4) is 11.5 Å².